The van der Waals surface area contributed by atoms with Crippen molar-refractivity contribution in [3.05, 3.63) is 30.1 Å². The lowest BCUT2D eigenvalue weighted by Crippen LogP contribution is -2.43. The van der Waals surface area contributed by atoms with Gasteiger partial charge in [-0.3, -0.25) is 4.79 Å². The summed E-state index contributed by atoms with van der Waals surface area (Å²) in [5, 5.41) is 3.14. The summed E-state index contributed by atoms with van der Waals surface area (Å²) in [4.78, 5) is 22.1. The predicted molar refractivity (Wildman–Crippen MR) is 83.1 cm³/mol. The Morgan fingerprint density at radius 2 is 2.14 bits per heavy atom. The van der Waals surface area contributed by atoms with Crippen LogP contribution in [-0.4, -0.2) is 47.0 Å². The van der Waals surface area contributed by atoms with E-state index in [1.165, 1.54) is 0 Å². The number of carbonyl (C=O) groups excluding carboxylic acids is 1. The number of aromatic nitrogens is 2. The first-order valence-corrected chi connectivity index (χ1v) is 7.62. The number of piperidine rings is 1. The highest BCUT2D eigenvalue weighted by Crippen LogP contribution is 2.12. The number of rotatable bonds is 4. The largest absolute Gasteiger partial charge is 0.353 e. The Hall–Kier alpha value is -1.88. The summed E-state index contributed by atoms with van der Waals surface area (Å²) < 4.78 is 0. The number of nitrogens with one attached hydrogen (secondary N) is 2. The minimum Gasteiger partial charge on any atom is -0.353 e. The lowest BCUT2D eigenvalue weighted by molar-refractivity contribution is -0.122. The van der Waals surface area contributed by atoms with E-state index < -0.39 is 0 Å². The van der Waals surface area contributed by atoms with Gasteiger partial charge in [0.05, 0.1) is 11.0 Å². The lowest BCUT2D eigenvalue weighted by atomic mass is 10.1. The molecule has 0 radical (unpaired) electrons. The van der Waals surface area contributed by atoms with Crippen molar-refractivity contribution < 1.29 is 4.79 Å². The van der Waals surface area contributed by atoms with Crippen LogP contribution >= 0.6 is 0 Å². The SMILES string of the molecule is CN1CCC(NC(=O)CCc2nc3ccccc3[nH]2)CC1. The van der Waals surface area contributed by atoms with E-state index in [2.05, 4.69) is 27.2 Å². The van der Waals surface area contributed by atoms with Crippen molar-refractivity contribution in [2.45, 2.75) is 31.7 Å². The van der Waals surface area contributed by atoms with Crippen LogP contribution in [0.2, 0.25) is 0 Å². The van der Waals surface area contributed by atoms with E-state index in [0.717, 1.165) is 42.8 Å². The van der Waals surface area contributed by atoms with Crippen molar-refractivity contribution >= 4 is 16.9 Å². The number of aryl methyl sites for hydroxylation is 1. The van der Waals surface area contributed by atoms with Gasteiger partial charge in [-0.2, -0.15) is 0 Å². The molecule has 1 aliphatic rings. The molecular formula is C16H22N4O. The molecule has 0 saturated carbocycles. The molecule has 1 aromatic heterocycles. The van der Waals surface area contributed by atoms with Gasteiger partial charge in [0.25, 0.3) is 0 Å². The Labute approximate surface area is 124 Å². The van der Waals surface area contributed by atoms with Crippen molar-refractivity contribution in [3.63, 3.8) is 0 Å². The van der Waals surface area contributed by atoms with Crippen molar-refractivity contribution in [1.29, 1.82) is 0 Å². The molecule has 1 saturated heterocycles. The standard InChI is InChI=1S/C16H22N4O/c1-20-10-8-12(9-11-20)17-16(21)7-6-15-18-13-4-2-3-5-14(13)19-15/h2-5,12H,6-11H2,1H3,(H,17,21)(H,18,19). The minimum absolute atomic E-state index is 0.130. The molecule has 1 aromatic carbocycles. The summed E-state index contributed by atoms with van der Waals surface area (Å²) in [5.74, 6) is 1.01. The first-order chi connectivity index (χ1) is 10.2. The maximum absolute atomic E-state index is 12.0. The van der Waals surface area contributed by atoms with E-state index in [-0.39, 0.29) is 5.91 Å². The van der Waals surface area contributed by atoms with E-state index in [1.54, 1.807) is 0 Å². The first kappa shape index (κ1) is 14.1. The van der Waals surface area contributed by atoms with Gasteiger partial charge in [-0.15, -0.1) is 0 Å². The Balaban J connectivity index is 1.49. The molecule has 0 atom stereocenters. The number of likely N-dealkylation sites (tertiary alicyclic amines) is 1. The summed E-state index contributed by atoms with van der Waals surface area (Å²) in [6, 6.07) is 8.28. The summed E-state index contributed by atoms with van der Waals surface area (Å²) >= 11 is 0. The fraction of sp³-hybridized carbons (Fsp3) is 0.500. The number of benzene rings is 1. The first-order valence-electron chi connectivity index (χ1n) is 7.62. The number of hydrogen-bond donors (Lipinski definition) is 2. The molecule has 1 amide bonds. The molecule has 112 valence electrons. The Bertz CT molecular complexity index is 581. The van der Waals surface area contributed by atoms with Gasteiger partial charge < -0.3 is 15.2 Å². The van der Waals surface area contributed by atoms with E-state index in [1.807, 2.05) is 24.3 Å². The van der Waals surface area contributed by atoms with Gasteiger partial charge in [-0.25, -0.2) is 4.98 Å². The van der Waals surface area contributed by atoms with E-state index in [9.17, 15) is 4.79 Å². The molecule has 2 N–H and O–H groups in total. The fourth-order valence-electron chi connectivity index (χ4n) is 2.81. The van der Waals surface area contributed by atoms with Crippen LogP contribution in [0.3, 0.4) is 0 Å². The second-order valence-electron chi connectivity index (χ2n) is 5.85. The monoisotopic (exact) mass is 286 g/mol. The van der Waals surface area contributed by atoms with Crippen molar-refractivity contribution in [3.8, 4) is 0 Å². The zero-order chi connectivity index (χ0) is 14.7. The summed E-state index contributed by atoms with van der Waals surface area (Å²) in [7, 11) is 2.12. The van der Waals surface area contributed by atoms with Crippen LogP contribution in [0.1, 0.15) is 25.1 Å². The number of amides is 1. The molecule has 5 heteroatoms. The average molecular weight is 286 g/mol. The number of H-pyrrole nitrogens is 1. The van der Waals surface area contributed by atoms with Crippen LogP contribution in [0.15, 0.2) is 24.3 Å². The van der Waals surface area contributed by atoms with Crippen molar-refractivity contribution in [1.82, 2.24) is 20.2 Å². The lowest BCUT2D eigenvalue weighted by Gasteiger charge is -2.29. The van der Waals surface area contributed by atoms with Gasteiger partial charge in [-0.1, -0.05) is 12.1 Å². The number of hydrogen-bond acceptors (Lipinski definition) is 3. The number of fused-ring (bicyclic) bond motifs is 1. The molecule has 2 aromatic rings. The van der Waals surface area contributed by atoms with Crippen LogP contribution in [0.4, 0.5) is 0 Å². The third-order valence-electron chi connectivity index (χ3n) is 4.11. The van der Waals surface area contributed by atoms with Gasteiger partial charge in [-0.05, 0) is 45.1 Å². The van der Waals surface area contributed by atoms with E-state index in [4.69, 9.17) is 0 Å². The molecule has 0 bridgehead atoms. The Morgan fingerprint density at radius 3 is 2.90 bits per heavy atom. The molecule has 2 heterocycles. The van der Waals surface area contributed by atoms with Gasteiger partial charge in [0.1, 0.15) is 5.82 Å². The third-order valence-corrected chi connectivity index (χ3v) is 4.11. The summed E-state index contributed by atoms with van der Waals surface area (Å²) in [6.07, 6.45) is 3.25. The van der Waals surface area contributed by atoms with Crippen molar-refractivity contribution in [2.75, 3.05) is 20.1 Å². The smallest absolute Gasteiger partial charge is 0.220 e. The predicted octanol–water partition coefficient (Wildman–Crippen LogP) is 1.71. The quantitative estimate of drug-likeness (QED) is 0.899. The van der Waals surface area contributed by atoms with Crippen LogP contribution in [0.5, 0.6) is 0 Å². The molecule has 0 aliphatic carbocycles. The number of imidazole rings is 1. The number of nitrogens with zero attached hydrogens (tertiary/aromatic N) is 2. The maximum Gasteiger partial charge on any atom is 0.220 e. The topological polar surface area (TPSA) is 61.0 Å². The second kappa shape index (κ2) is 6.26. The summed E-state index contributed by atoms with van der Waals surface area (Å²) in [6.45, 7) is 2.13. The molecule has 21 heavy (non-hydrogen) atoms. The highest BCUT2D eigenvalue weighted by atomic mass is 16.1. The van der Waals surface area contributed by atoms with Crippen LogP contribution in [0.25, 0.3) is 11.0 Å². The molecule has 1 fully saturated rings. The summed E-state index contributed by atoms with van der Waals surface area (Å²) in [5.41, 5.74) is 1.99. The van der Waals surface area contributed by atoms with Gasteiger partial charge in [0.2, 0.25) is 5.91 Å². The zero-order valence-corrected chi connectivity index (χ0v) is 12.4. The molecule has 5 nitrogen and oxygen atoms in total. The third kappa shape index (κ3) is 3.61. The number of aromatic amines is 1. The molecule has 0 spiro atoms. The molecule has 3 rings (SSSR count). The minimum atomic E-state index is 0.130. The number of carbonyl (C=O) groups is 1. The van der Waals surface area contributed by atoms with Crippen LogP contribution in [-0.2, 0) is 11.2 Å². The van der Waals surface area contributed by atoms with Crippen LogP contribution in [0, 0.1) is 0 Å². The molecular weight excluding hydrogens is 264 g/mol. The van der Waals surface area contributed by atoms with Crippen LogP contribution < -0.4 is 5.32 Å². The maximum atomic E-state index is 12.0. The number of para-hydroxylation sites is 2. The second-order valence-corrected chi connectivity index (χ2v) is 5.85. The molecule has 0 unspecified atom stereocenters. The molecule has 1 aliphatic heterocycles. The van der Waals surface area contributed by atoms with Crippen molar-refractivity contribution in [2.24, 2.45) is 0 Å². The Kier molecular flexibility index (Phi) is 4.20. The Morgan fingerprint density at radius 1 is 1.38 bits per heavy atom. The average Bonchev–Trinajstić information content (AvgIpc) is 2.90. The normalized spacial score (nSPS) is 17.2. The highest BCUT2D eigenvalue weighted by molar-refractivity contribution is 5.77. The highest BCUT2D eigenvalue weighted by Gasteiger charge is 2.18. The van der Waals surface area contributed by atoms with E-state index in [0.29, 0.717) is 18.9 Å². The van der Waals surface area contributed by atoms with E-state index >= 15 is 0 Å². The van der Waals surface area contributed by atoms with Gasteiger partial charge >= 0.3 is 0 Å². The van der Waals surface area contributed by atoms with Gasteiger partial charge in [0, 0.05) is 18.9 Å². The zero-order valence-electron chi connectivity index (χ0n) is 12.4. The fourth-order valence-corrected chi connectivity index (χ4v) is 2.81. The van der Waals surface area contributed by atoms with Gasteiger partial charge in [0.15, 0.2) is 0 Å².